The van der Waals surface area contributed by atoms with E-state index < -0.39 is 10.0 Å². The van der Waals surface area contributed by atoms with Crippen molar-refractivity contribution in [1.29, 1.82) is 0 Å². The van der Waals surface area contributed by atoms with Crippen LogP contribution in [0, 0.1) is 5.92 Å². The molecule has 132 valence electrons. The molecule has 0 radical (unpaired) electrons. The van der Waals surface area contributed by atoms with Gasteiger partial charge in [-0.15, -0.1) is 11.3 Å². The van der Waals surface area contributed by atoms with Gasteiger partial charge < -0.3 is 4.90 Å². The zero-order valence-electron chi connectivity index (χ0n) is 13.4. The van der Waals surface area contributed by atoms with Gasteiger partial charge in [0.25, 0.3) is 10.0 Å². The van der Waals surface area contributed by atoms with Gasteiger partial charge in [0.1, 0.15) is 4.21 Å². The predicted molar refractivity (Wildman–Crippen MR) is 101 cm³/mol. The maximum atomic E-state index is 12.5. The molecule has 1 fully saturated rings. The summed E-state index contributed by atoms with van der Waals surface area (Å²) in [5.41, 5.74) is 2.73. The Hall–Kier alpha value is -1.38. The molecule has 0 bridgehead atoms. The van der Waals surface area contributed by atoms with Gasteiger partial charge in [0.2, 0.25) is 5.91 Å². The number of amides is 1. The smallest absolute Gasteiger partial charge is 0.271 e. The van der Waals surface area contributed by atoms with E-state index in [-0.39, 0.29) is 16.0 Å². The fourth-order valence-corrected chi connectivity index (χ4v) is 6.10. The van der Waals surface area contributed by atoms with E-state index in [1.807, 2.05) is 17.0 Å². The maximum absolute atomic E-state index is 12.5. The highest BCUT2D eigenvalue weighted by Gasteiger charge is 2.34. The van der Waals surface area contributed by atoms with Crippen molar-refractivity contribution in [2.45, 2.75) is 30.0 Å². The van der Waals surface area contributed by atoms with E-state index >= 15 is 0 Å². The van der Waals surface area contributed by atoms with Gasteiger partial charge >= 0.3 is 0 Å². The summed E-state index contributed by atoms with van der Waals surface area (Å²) in [5.74, 6) is 0.445. The fourth-order valence-electron chi connectivity index (χ4n) is 3.04. The van der Waals surface area contributed by atoms with Gasteiger partial charge in [-0.05, 0) is 70.6 Å². The molecule has 4 rings (SSSR count). The van der Waals surface area contributed by atoms with E-state index in [0.29, 0.717) is 12.2 Å². The number of rotatable bonds is 4. The van der Waals surface area contributed by atoms with Crippen LogP contribution in [0.2, 0.25) is 0 Å². The molecule has 0 spiro atoms. The Balaban J connectivity index is 1.54. The zero-order valence-corrected chi connectivity index (χ0v) is 16.6. The Kier molecular flexibility index (Phi) is 4.37. The minimum Gasteiger partial charge on any atom is -0.338 e. The molecule has 2 heterocycles. The summed E-state index contributed by atoms with van der Waals surface area (Å²) in [4.78, 5) is 14.2. The summed E-state index contributed by atoms with van der Waals surface area (Å²) in [6, 6.07) is 8.88. The van der Waals surface area contributed by atoms with Crippen LogP contribution in [0.5, 0.6) is 0 Å². The van der Waals surface area contributed by atoms with Crippen LogP contribution in [0.3, 0.4) is 0 Å². The highest BCUT2D eigenvalue weighted by Crippen LogP contribution is 2.33. The number of thiophene rings is 1. The lowest BCUT2D eigenvalue weighted by Gasteiger charge is -2.29. The summed E-state index contributed by atoms with van der Waals surface area (Å²) in [5, 5.41) is 0. The largest absolute Gasteiger partial charge is 0.338 e. The number of carbonyl (C=O) groups is 1. The molecular formula is C17H17BrN2O3S2. The molecule has 1 aromatic carbocycles. The minimum atomic E-state index is -3.59. The molecule has 0 unspecified atom stereocenters. The van der Waals surface area contributed by atoms with Crippen molar-refractivity contribution in [3.05, 3.63) is 45.2 Å². The van der Waals surface area contributed by atoms with Crippen molar-refractivity contribution in [3.8, 4) is 0 Å². The van der Waals surface area contributed by atoms with Crippen LogP contribution in [0.1, 0.15) is 24.0 Å². The monoisotopic (exact) mass is 440 g/mol. The number of sulfonamides is 1. The molecule has 1 amide bonds. The number of hydrogen-bond donors (Lipinski definition) is 1. The fraction of sp³-hybridized carbons (Fsp3) is 0.353. The van der Waals surface area contributed by atoms with Crippen molar-refractivity contribution in [1.82, 2.24) is 4.90 Å². The molecule has 25 heavy (non-hydrogen) atoms. The number of nitrogens with one attached hydrogen (secondary N) is 1. The maximum Gasteiger partial charge on any atom is 0.271 e. The quantitative estimate of drug-likeness (QED) is 0.789. The molecule has 1 saturated carbocycles. The second-order valence-corrected chi connectivity index (χ2v) is 10.8. The normalized spacial score (nSPS) is 17.2. The molecule has 1 aliphatic carbocycles. The second kappa shape index (κ2) is 6.41. The average Bonchev–Trinajstić information content (AvgIpc) is 3.33. The van der Waals surface area contributed by atoms with Gasteiger partial charge in [-0.25, -0.2) is 8.42 Å². The second-order valence-electron chi connectivity index (χ2n) is 6.43. The first-order valence-electron chi connectivity index (χ1n) is 8.11. The van der Waals surface area contributed by atoms with E-state index in [1.165, 1.54) is 16.9 Å². The van der Waals surface area contributed by atoms with Crippen LogP contribution >= 0.6 is 27.3 Å². The molecular weight excluding hydrogens is 424 g/mol. The van der Waals surface area contributed by atoms with E-state index in [9.17, 15) is 13.2 Å². The Labute approximate surface area is 159 Å². The highest BCUT2D eigenvalue weighted by molar-refractivity contribution is 9.11. The number of carbonyl (C=O) groups excluding carboxylic acids is 1. The first-order valence-corrected chi connectivity index (χ1v) is 11.2. The molecule has 1 aromatic heterocycles. The van der Waals surface area contributed by atoms with Crippen molar-refractivity contribution in [2.24, 2.45) is 5.92 Å². The summed E-state index contributed by atoms with van der Waals surface area (Å²) < 4.78 is 28.6. The third-order valence-corrected chi connectivity index (χ3v) is 8.02. The molecule has 0 saturated heterocycles. The number of anilines is 1. The molecule has 5 nitrogen and oxygen atoms in total. The van der Waals surface area contributed by atoms with Gasteiger partial charge in [-0.1, -0.05) is 6.07 Å². The van der Waals surface area contributed by atoms with Crippen molar-refractivity contribution < 1.29 is 13.2 Å². The summed E-state index contributed by atoms with van der Waals surface area (Å²) in [6.07, 6.45) is 2.81. The van der Waals surface area contributed by atoms with Crippen LogP contribution in [0.4, 0.5) is 5.69 Å². The third kappa shape index (κ3) is 3.61. The molecule has 0 atom stereocenters. The lowest BCUT2D eigenvalue weighted by Crippen LogP contribution is -2.36. The number of benzene rings is 1. The lowest BCUT2D eigenvalue weighted by molar-refractivity contribution is -0.133. The van der Waals surface area contributed by atoms with Gasteiger partial charge in [-0.3, -0.25) is 9.52 Å². The van der Waals surface area contributed by atoms with Crippen molar-refractivity contribution in [2.75, 3.05) is 11.3 Å². The first-order chi connectivity index (χ1) is 11.9. The lowest BCUT2D eigenvalue weighted by atomic mass is 9.99. The van der Waals surface area contributed by atoms with Crippen molar-refractivity contribution >= 4 is 48.9 Å². The minimum absolute atomic E-state index is 0.209. The van der Waals surface area contributed by atoms with Crippen LogP contribution in [-0.4, -0.2) is 25.8 Å². The molecule has 2 aliphatic rings. The third-order valence-electron chi connectivity index (χ3n) is 4.52. The Bertz CT molecular complexity index is 935. The summed E-state index contributed by atoms with van der Waals surface area (Å²) >= 11 is 4.46. The Morgan fingerprint density at radius 1 is 1.20 bits per heavy atom. The molecule has 8 heteroatoms. The molecule has 2 aromatic rings. The number of nitrogens with zero attached hydrogens (tertiary/aromatic N) is 1. The highest BCUT2D eigenvalue weighted by atomic mass is 79.9. The van der Waals surface area contributed by atoms with Gasteiger partial charge in [0.15, 0.2) is 0 Å². The van der Waals surface area contributed by atoms with E-state index in [1.54, 1.807) is 18.2 Å². The van der Waals surface area contributed by atoms with E-state index in [4.69, 9.17) is 0 Å². The topological polar surface area (TPSA) is 66.5 Å². The molecule has 1 N–H and O–H groups in total. The van der Waals surface area contributed by atoms with Gasteiger partial charge in [0, 0.05) is 24.7 Å². The summed E-state index contributed by atoms with van der Waals surface area (Å²) in [7, 11) is -3.59. The molecule has 1 aliphatic heterocycles. The summed E-state index contributed by atoms with van der Waals surface area (Å²) in [6.45, 7) is 1.31. The standard InChI is InChI=1S/C17H17BrN2O3S2/c18-15-5-6-16(24-15)25(22,23)19-14-4-3-11-7-8-20(10-13(11)9-14)17(21)12-1-2-12/h3-6,9,12,19H,1-2,7-8,10H2. The first kappa shape index (κ1) is 17.1. The number of hydrogen-bond acceptors (Lipinski definition) is 4. The average molecular weight is 441 g/mol. The van der Waals surface area contributed by atoms with Gasteiger partial charge in [-0.2, -0.15) is 0 Å². The van der Waals surface area contributed by atoms with E-state index in [0.717, 1.165) is 35.2 Å². The Morgan fingerprint density at radius 2 is 2.00 bits per heavy atom. The van der Waals surface area contributed by atoms with Crippen molar-refractivity contribution in [3.63, 3.8) is 0 Å². The van der Waals surface area contributed by atoms with E-state index in [2.05, 4.69) is 20.7 Å². The van der Waals surface area contributed by atoms with Gasteiger partial charge in [0.05, 0.1) is 3.79 Å². The van der Waals surface area contributed by atoms with Crippen LogP contribution < -0.4 is 4.72 Å². The zero-order chi connectivity index (χ0) is 17.6. The number of fused-ring (bicyclic) bond motifs is 1. The van der Waals surface area contributed by atoms with Crippen LogP contribution in [0.25, 0.3) is 0 Å². The van der Waals surface area contributed by atoms with Crippen LogP contribution in [-0.2, 0) is 27.8 Å². The SMILES string of the molecule is O=C(C1CC1)N1CCc2ccc(NS(=O)(=O)c3ccc(Br)s3)cc2C1. The van der Waals surface area contributed by atoms with Crippen LogP contribution in [0.15, 0.2) is 38.3 Å². The number of halogens is 1. The predicted octanol–water partition coefficient (Wildman–Crippen LogP) is 3.61. The Morgan fingerprint density at radius 3 is 2.68 bits per heavy atom.